The quantitative estimate of drug-likeness (QED) is 0.886. The van der Waals surface area contributed by atoms with Crippen molar-refractivity contribution in [3.8, 4) is 0 Å². The van der Waals surface area contributed by atoms with Crippen molar-refractivity contribution in [2.75, 3.05) is 13.1 Å². The van der Waals surface area contributed by atoms with Gasteiger partial charge in [0.25, 0.3) is 0 Å². The van der Waals surface area contributed by atoms with Gasteiger partial charge in [-0.1, -0.05) is 42.5 Å². The van der Waals surface area contributed by atoms with Crippen molar-refractivity contribution in [3.63, 3.8) is 0 Å². The van der Waals surface area contributed by atoms with Crippen LogP contribution < -0.4 is 4.72 Å². The van der Waals surface area contributed by atoms with Crippen molar-refractivity contribution < 1.29 is 8.42 Å². The number of hydrogen-bond acceptors (Lipinski definition) is 3. The standard InChI is InChI=1S/C18H22N2O2S/c21-23(22,18-9-2-1-3-10-18)19-14-16-7-6-8-17(13-16)15-20-11-4-5-12-20/h1-3,6-10,13,19H,4-5,11-12,14-15H2. The summed E-state index contributed by atoms with van der Waals surface area (Å²) in [5.74, 6) is 0. The maximum absolute atomic E-state index is 12.2. The Morgan fingerprint density at radius 3 is 2.35 bits per heavy atom. The highest BCUT2D eigenvalue weighted by Gasteiger charge is 2.14. The third kappa shape index (κ3) is 4.41. The van der Waals surface area contributed by atoms with Crippen LogP contribution in [0, 0.1) is 0 Å². The van der Waals surface area contributed by atoms with Crippen LogP contribution in [0.3, 0.4) is 0 Å². The highest BCUT2D eigenvalue weighted by Crippen LogP contribution is 2.14. The first kappa shape index (κ1) is 16.2. The van der Waals surface area contributed by atoms with Gasteiger partial charge in [-0.3, -0.25) is 4.90 Å². The lowest BCUT2D eigenvalue weighted by Gasteiger charge is -2.15. The molecule has 1 heterocycles. The average Bonchev–Trinajstić information content (AvgIpc) is 3.07. The molecule has 0 spiro atoms. The van der Waals surface area contributed by atoms with Gasteiger partial charge in [-0.25, -0.2) is 13.1 Å². The third-order valence-electron chi connectivity index (χ3n) is 4.12. The van der Waals surface area contributed by atoms with E-state index in [4.69, 9.17) is 0 Å². The summed E-state index contributed by atoms with van der Waals surface area (Å²) in [5.41, 5.74) is 2.23. The minimum absolute atomic E-state index is 0.299. The highest BCUT2D eigenvalue weighted by molar-refractivity contribution is 7.89. The summed E-state index contributed by atoms with van der Waals surface area (Å²) in [5, 5.41) is 0. The second kappa shape index (κ2) is 7.25. The number of likely N-dealkylation sites (tertiary alicyclic amines) is 1. The fourth-order valence-corrected chi connectivity index (χ4v) is 3.94. The fourth-order valence-electron chi connectivity index (χ4n) is 2.90. The van der Waals surface area contributed by atoms with E-state index < -0.39 is 10.0 Å². The monoisotopic (exact) mass is 330 g/mol. The molecule has 0 saturated carbocycles. The number of nitrogens with zero attached hydrogens (tertiary/aromatic N) is 1. The Kier molecular flexibility index (Phi) is 5.10. The van der Waals surface area contributed by atoms with Gasteiger partial charge in [0.05, 0.1) is 4.90 Å². The summed E-state index contributed by atoms with van der Waals surface area (Å²) in [6.07, 6.45) is 2.55. The molecule has 0 bridgehead atoms. The summed E-state index contributed by atoms with van der Waals surface area (Å²) in [4.78, 5) is 2.74. The second-order valence-corrected chi connectivity index (χ2v) is 7.71. The molecule has 3 rings (SSSR count). The van der Waals surface area contributed by atoms with Crippen LogP contribution in [0.5, 0.6) is 0 Å². The molecule has 1 aliphatic heterocycles. The van der Waals surface area contributed by atoms with E-state index >= 15 is 0 Å². The molecule has 1 N–H and O–H groups in total. The van der Waals surface area contributed by atoms with E-state index in [0.717, 1.165) is 25.2 Å². The maximum Gasteiger partial charge on any atom is 0.240 e. The molecule has 122 valence electrons. The molecule has 0 radical (unpaired) electrons. The van der Waals surface area contributed by atoms with Crippen molar-refractivity contribution in [1.29, 1.82) is 0 Å². The molecule has 23 heavy (non-hydrogen) atoms. The molecule has 2 aromatic carbocycles. The predicted molar refractivity (Wildman–Crippen MR) is 91.4 cm³/mol. The lowest BCUT2D eigenvalue weighted by Crippen LogP contribution is -2.23. The molecule has 4 nitrogen and oxygen atoms in total. The van der Waals surface area contributed by atoms with Crippen LogP contribution in [0.4, 0.5) is 0 Å². The molecule has 0 atom stereocenters. The summed E-state index contributed by atoms with van der Waals surface area (Å²) in [6.45, 7) is 3.57. The minimum Gasteiger partial charge on any atom is -0.299 e. The van der Waals surface area contributed by atoms with Crippen molar-refractivity contribution in [1.82, 2.24) is 9.62 Å². The Morgan fingerprint density at radius 2 is 1.61 bits per heavy atom. The predicted octanol–water partition coefficient (Wildman–Crippen LogP) is 2.76. The number of nitrogens with one attached hydrogen (secondary N) is 1. The SMILES string of the molecule is O=S(=O)(NCc1cccc(CN2CCCC2)c1)c1ccccc1. The van der Waals surface area contributed by atoms with Gasteiger partial charge in [-0.15, -0.1) is 0 Å². The Bertz CT molecular complexity index is 739. The van der Waals surface area contributed by atoms with Crippen LogP contribution in [0.15, 0.2) is 59.5 Å². The van der Waals surface area contributed by atoms with Crippen LogP contribution in [0.25, 0.3) is 0 Å². The molecule has 2 aromatic rings. The lowest BCUT2D eigenvalue weighted by molar-refractivity contribution is 0.331. The topological polar surface area (TPSA) is 49.4 Å². The smallest absolute Gasteiger partial charge is 0.240 e. The molecule has 1 fully saturated rings. The number of sulfonamides is 1. The fraction of sp³-hybridized carbons (Fsp3) is 0.333. The minimum atomic E-state index is -3.45. The van der Waals surface area contributed by atoms with E-state index in [0.29, 0.717) is 11.4 Å². The van der Waals surface area contributed by atoms with Crippen molar-refractivity contribution in [2.45, 2.75) is 30.8 Å². The van der Waals surface area contributed by atoms with Gasteiger partial charge in [-0.2, -0.15) is 0 Å². The first-order valence-electron chi connectivity index (χ1n) is 7.98. The zero-order valence-corrected chi connectivity index (χ0v) is 13.9. The van der Waals surface area contributed by atoms with E-state index in [1.807, 2.05) is 12.1 Å². The zero-order chi connectivity index (χ0) is 16.1. The van der Waals surface area contributed by atoms with Gasteiger partial charge in [-0.05, 0) is 49.2 Å². The number of hydrogen-bond donors (Lipinski definition) is 1. The molecule has 0 amide bonds. The molecular formula is C18H22N2O2S. The Hall–Kier alpha value is -1.69. The van der Waals surface area contributed by atoms with Gasteiger partial charge in [0.15, 0.2) is 0 Å². The van der Waals surface area contributed by atoms with Crippen LogP contribution in [0.2, 0.25) is 0 Å². The summed E-state index contributed by atoms with van der Waals surface area (Å²) < 4.78 is 27.2. The molecule has 1 aliphatic rings. The van der Waals surface area contributed by atoms with E-state index in [9.17, 15) is 8.42 Å². The molecule has 1 saturated heterocycles. The number of benzene rings is 2. The Balaban J connectivity index is 1.64. The third-order valence-corrected chi connectivity index (χ3v) is 5.53. The van der Waals surface area contributed by atoms with Crippen LogP contribution in [-0.2, 0) is 23.1 Å². The second-order valence-electron chi connectivity index (χ2n) is 5.94. The maximum atomic E-state index is 12.2. The summed E-state index contributed by atoms with van der Waals surface area (Å²) in [7, 11) is -3.45. The first-order valence-corrected chi connectivity index (χ1v) is 9.47. The van der Waals surface area contributed by atoms with Gasteiger partial charge >= 0.3 is 0 Å². The van der Waals surface area contributed by atoms with Crippen molar-refractivity contribution in [3.05, 3.63) is 65.7 Å². The average molecular weight is 330 g/mol. The summed E-state index contributed by atoms with van der Waals surface area (Å²) >= 11 is 0. The Morgan fingerprint density at radius 1 is 0.913 bits per heavy atom. The van der Waals surface area contributed by atoms with Gasteiger partial charge in [0, 0.05) is 13.1 Å². The Labute approximate surface area is 138 Å². The van der Waals surface area contributed by atoms with E-state index in [1.165, 1.54) is 18.4 Å². The molecule has 0 aromatic heterocycles. The summed E-state index contributed by atoms with van der Waals surface area (Å²) in [6, 6.07) is 16.6. The van der Waals surface area contributed by atoms with Gasteiger partial charge < -0.3 is 0 Å². The van der Waals surface area contributed by atoms with Crippen molar-refractivity contribution in [2.24, 2.45) is 0 Å². The van der Waals surface area contributed by atoms with E-state index in [2.05, 4.69) is 21.8 Å². The van der Waals surface area contributed by atoms with Gasteiger partial charge in [0.1, 0.15) is 0 Å². The largest absolute Gasteiger partial charge is 0.299 e. The lowest BCUT2D eigenvalue weighted by atomic mass is 10.1. The van der Waals surface area contributed by atoms with Crippen LogP contribution in [0.1, 0.15) is 24.0 Å². The van der Waals surface area contributed by atoms with Crippen LogP contribution in [-0.4, -0.2) is 26.4 Å². The molecule has 0 unspecified atom stereocenters. The highest BCUT2D eigenvalue weighted by atomic mass is 32.2. The number of rotatable bonds is 6. The van der Waals surface area contributed by atoms with Crippen molar-refractivity contribution >= 4 is 10.0 Å². The molecule has 0 aliphatic carbocycles. The van der Waals surface area contributed by atoms with Gasteiger partial charge in [0.2, 0.25) is 10.0 Å². The van der Waals surface area contributed by atoms with E-state index in [1.54, 1.807) is 30.3 Å². The van der Waals surface area contributed by atoms with Crippen LogP contribution >= 0.6 is 0 Å². The van der Waals surface area contributed by atoms with E-state index in [-0.39, 0.29) is 0 Å². The first-order chi connectivity index (χ1) is 11.1. The normalized spacial score (nSPS) is 15.8. The molecule has 5 heteroatoms. The molecular weight excluding hydrogens is 308 g/mol. The zero-order valence-electron chi connectivity index (χ0n) is 13.1.